The van der Waals surface area contributed by atoms with Gasteiger partial charge < -0.3 is 30.1 Å². The van der Waals surface area contributed by atoms with Crippen molar-refractivity contribution in [3.8, 4) is 5.75 Å². The van der Waals surface area contributed by atoms with Crippen LogP contribution in [0.4, 0.5) is 5.69 Å². The maximum absolute atomic E-state index is 14.3. The number of amides is 3. The molecular weight excluding hydrogens is 498 g/mol. The molecule has 1 saturated carbocycles. The second kappa shape index (κ2) is 10.7. The number of benzene rings is 1. The third-order valence-corrected chi connectivity index (χ3v) is 9.44. The Kier molecular flexibility index (Phi) is 7.68. The van der Waals surface area contributed by atoms with Gasteiger partial charge >= 0.3 is 0 Å². The van der Waals surface area contributed by atoms with E-state index in [-0.39, 0.29) is 36.3 Å². The van der Waals surface area contributed by atoms with Crippen molar-refractivity contribution in [2.24, 2.45) is 17.8 Å². The highest BCUT2D eigenvalue weighted by Gasteiger charge is 2.78. The minimum absolute atomic E-state index is 0.0678. The van der Waals surface area contributed by atoms with E-state index in [0.29, 0.717) is 30.9 Å². The minimum atomic E-state index is -1.10. The van der Waals surface area contributed by atoms with Crippen LogP contribution in [0.15, 0.2) is 24.3 Å². The zero-order chi connectivity index (χ0) is 27.9. The standard InChI is InChI=1S/C30H43N3O6/c1-5-38-21-13-11-20(12-14-21)31-26(35)23-24-28(37)33(22(17-34)18(2)3)25(30(24)16-15-29(23,4)39-30)27(36)32-19-9-7-6-8-10-19/h11-14,18-19,22-25,34H,5-10,15-17H2,1-4H3,(H,31,35)(H,32,36)/t22-,23+,24-,25?,29-,30?/m0/s1. The molecular formula is C30H43N3O6. The lowest BCUT2D eigenvalue weighted by Crippen LogP contribution is -2.60. The molecule has 4 aliphatic rings. The first kappa shape index (κ1) is 27.9. The molecule has 1 aliphatic carbocycles. The van der Waals surface area contributed by atoms with Crippen LogP contribution in [-0.2, 0) is 19.1 Å². The molecule has 3 heterocycles. The van der Waals surface area contributed by atoms with Gasteiger partial charge in [-0.2, -0.15) is 0 Å². The number of nitrogens with one attached hydrogen (secondary N) is 2. The van der Waals surface area contributed by atoms with E-state index in [4.69, 9.17) is 9.47 Å². The zero-order valence-corrected chi connectivity index (χ0v) is 23.6. The molecule has 6 atom stereocenters. The first-order chi connectivity index (χ1) is 18.6. The lowest BCUT2D eigenvalue weighted by molar-refractivity contribution is -0.150. The lowest BCUT2D eigenvalue weighted by Gasteiger charge is -2.39. The number of anilines is 1. The van der Waals surface area contributed by atoms with Gasteiger partial charge in [0.1, 0.15) is 17.4 Å². The van der Waals surface area contributed by atoms with Crippen molar-refractivity contribution in [1.82, 2.24) is 10.2 Å². The summed E-state index contributed by atoms with van der Waals surface area (Å²) in [5, 5.41) is 16.6. The Morgan fingerprint density at radius 2 is 1.82 bits per heavy atom. The third-order valence-electron chi connectivity index (χ3n) is 9.44. The summed E-state index contributed by atoms with van der Waals surface area (Å²) in [6.45, 7) is 7.96. The number of rotatable bonds is 9. The Morgan fingerprint density at radius 1 is 1.13 bits per heavy atom. The van der Waals surface area contributed by atoms with Crippen LogP contribution in [-0.4, -0.2) is 70.3 Å². The summed E-state index contributed by atoms with van der Waals surface area (Å²) in [6.07, 6.45) is 6.23. The SMILES string of the molecule is CCOc1ccc(NC(=O)[C@H]2[C@H]3C(=O)N([C@@H](CO)C(C)C)C(C(=O)NC4CCCCC4)C34CC[C@]2(C)O4)cc1. The monoisotopic (exact) mass is 541 g/mol. The molecule has 1 aromatic rings. The predicted octanol–water partition coefficient (Wildman–Crippen LogP) is 3.25. The Balaban J connectivity index is 1.47. The molecule has 3 saturated heterocycles. The van der Waals surface area contributed by atoms with Gasteiger partial charge in [0.2, 0.25) is 17.7 Å². The fourth-order valence-electron chi connectivity index (χ4n) is 7.59. The molecule has 5 rings (SSSR count). The van der Waals surface area contributed by atoms with Gasteiger partial charge in [0.05, 0.1) is 36.7 Å². The fourth-order valence-corrected chi connectivity index (χ4v) is 7.59. The Morgan fingerprint density at radius 3 is 2.44 bits per heavy atom. The molecule has 3 aliphatic heterocycles. The van der Waals surface area contributed by atoms with E-state index in [0.717, 1.165) is 25.7 Å². The van der Waals surface area contributed by atoms with Crippen molar-refractivity contribution in [1.29, 1.82) is 0 Å². The molecule has 0 radical (unpaired) electrons. The number of carbonyl (C=O) groups excluding carboxylic acids is 3. The molecule has 1 spiro atoms. The number of hydrogen-bond donors (Lipinski definition) is 3. The molecule has 39 heavy (non-hydrogen) atoms. The van der Waals surface area contributed by atoms with Gasteiger partial charge in [0, 0.05) is 11.7 Å². The van der Waals surface area contributed by atoms with E-state index in [9.17, 15) is 19.5 Å². The normalized spacial score (nSPS) is 32.8. The van der Waals surface area contributed by atoms with E-state index in [1.165, 1.54) is 6.42 Å². The quantitative estimate of drug-likeness (QED) is 0.442. The number of likely N-dealkylation sites (tertiary alicyclic amines) is 1. The van der Waals surface area contributed by atoms with Crippen LogP contribution >= 0.6 is 0 Å². The predicted molar refractivity (Wildman–Crippen MR) is 146 cm³/mol. The summed E-state index contributed by atoms with van der Waals surface area (Å²) in [5.41, 5.74) is -1.36. The van der Waals surface area contributed by atoms with Crippen molar-refractivity contribution >= 4 is 23.4 Å². The maximum Gasteiger partial charge on any atom is 0.246 e. The number of carbonyl (C=O) groups is 3. The largest absolute Gasteiger partial charge is 0.494 e. The van der Waals surface area contributed by atoms with Gasteiger partial charge in [-0.05, 0) is 69.7 Å². The average Bonchev–Trinajstić information content (AvgIpc) is 3.47. The highest BCUT2D eigenvalue weighted by molar-refractivity contribution is 6.02. The van der Waals surface area contributed by atoms with Gasteiger partial charge in [-0.1, -0.05) is 33.1 Å². The molecule has 1 aromatic carbocycles. The third kappa shape index (κ3) is 4.71. The molecule has 2 bridgehead atoms. The number of fused-ring (bicyclic) bond motifs is 1. The van der Waals surface area contributed by atoms with Crippen molar-refractivity contribution in [3.05, 3.63) is 24.3 Å². The Hall–Kier alpha value is -2.65. The van der Waals surface area contributed by atoms with Crippen LogP contribution in [0.5, 0.6) is 5.75 Å². The summed E-state index contributed by atoms with van der Waals surface area (Å²) < 4.78 is 12.2. The highest BCUT2D eigenvalue weighted by atomic mass is 16.5. The number of aliphatic hydroxyl groups excluding tert-OH is 1. The van der Waals surface area contributed by atoms with Gasteiger partial charge in [0.25, 0.3) is 0 Å². The lowest BCUT2D eigenvalue weighted by atomic mass is 9.66. The molecule has 9 heteroatoms. The van der Waals surface area contributed by atoms with Crippen molar-refractivity contribution < 1.29 is 29.0 Å². The second-order valence-electron chi connectivity index (χ2n) is 12.3. The highest BCUT2D eigenvalue weighted by Crippen LogP contribution is 2.63. The number of hydrogen-bond acceptors (Lipinski definition) is 6. The molecule has 9 nitrogen and oxygen atoms in total. The van der Waals surface area contributed by atoms with Crippen LogP contribution in [0.25, 0.3) is 0 Å². The molecule has 0 aromatic heterocycles. The van der Waals surface area contributed by atoms with E-state index in [1.807, 2.05) is 27.7 Å². The zero-order valence-electron chi connectivity index (χ0n) is 23.6. The Labute approximate surface area is 231 Å². The summed E-state index contributed by atoms with van der Waals surface area (Å²) in [6, 6.07) is 5.77. The van der Waals surface area contributed by atoms with Gasteiger partial charge in [-0.25, -0.2) is 0 Å². The summed E-state index contributed by atoms with van der Waals surface area (Å²) >= 11 is 0. The topological polar surface area (TPSA) is 117 Å². The van der Waals surface area contributed by atoms with E-state index >= 15 is 0 Å². The second-order valence-corrected chi connectivity index (χ2v) is 12.3. The maximum atomic E-state index is 14.3. The first-order valence-electron chi connectivity index (χ1n) is 14.6. The van der Waals surface area contributed by atoms with Crippen LogP contribution in [0.1, 0.15) is 72.6 Å². The molecule has 4 fully saturated rings. The molecule has 214 valence electrons. The average molecular weight is 542 g/mol. The van der Waals surface area contributed by atoms with E-state index < -0.39 is 35.1 Å². The molecule has 3 amide bonds. The van der Waals surface area contributed by atoms with Crippen molar-refractivity contribution in [2.45, 2.75) is 102 Å². The minimum Gasteiger partial charge on any atom is -0.494 e. The van der Waals surface area contributed by atoms with E-state index in [2.05, 4.69) is 10.6 Å². The van der Waals surface area contributed by atoms with E-state index in [1.54, 1.807) is 29.2 Å². The van der Waals surface area contributed by atoms with Crippen LogP contribution in [0, 0.1) is 17.8 Å². The molecule has 2 unspecified atom stereocenters. The number of nitrogens with zero attached hydrogens (tertiary/aromatic N) is 1. The van der Waals surface area contributed by atoms with Gasteiger partial charge in [0.15, 0.2) is 0 Å². The van der Waals surface area contributed by atoms with Crippen molar-refractivity contribution in [3.63, 3.8) is 0 Å². The Bertz CT molecular complexity index is 1090. The van der Waals surface area contributed by atoms with Crippen LogP contribution in [0.2, 0.25) is 0 Å². The van der Waals surface area contributed by atoms with Crippen molar-refractivity contribution in [2.75, 3.05) is 18.5 Å². The fraction of sp³-hybridized carbons (Fsp3) is 0.700. The van der Waals surface area contributed by atoms with Gasteiger partial charge in [-0.15, -0.1) is 0 Å². The summed E-state index contributed by atoms with van der Waals surface area (Å²) in [5.74, 6) is -1.72. The summed E-state index contributed by atoms with van der Waals surface area (Å²) in [7, 11) is 0. The number of ether oxygens (including phenoxy) is 2. The number of aliphatic hydroxyl groups is 1. The summed E-state index contributed by atoms with van der Waals surface area (Å²) in [4.78, 5) is 43.7. The van der Waals surface area contributed by atoms with Crippen LogP contribution < -0.4 is 15.4 Å². The smallest absolute Gasteiger partial charge is 0.246 e. The van der Waals surface area contributed by atoms with Crippen LogP contribution in [0.3, 0.4) is 0 Å². The first-order valence-corrected chi connectivity index (χ1v) is 14.6. The van der Waals surface area contributed by atoms with Gasteiger partial charge in [-0.3, -0.25) is 14.4 Å². The molecule has 3 N–H and O–H groups in total.